The summed E-state index contributed by atoms with van der Waals surface area (Å²) in [4.78, 5) is 16.8. The SMILES string of the molecule is Cc1ccc(C(=O)OCc2nc(-c3cccs3)no2)cc1F. The molecule has 1 aromatic carbocycles. The van der Waals surface area contributed by atoms with Crippen molar-refractivity contribution in [3.63, 3.8) is 0 Å². The third-order valence-corrected chi connectivity index (χ3v) is 3.81. The first-order valence-corrected chi connectivity index (χ1v) is 7.31. The van der Waals surface area contributed by atoms with Gasteiger partial charge in [0.1, 0.15) is 5.82 Å². The second kappa shape index (κ2) is 6.07. The summed E-state index contributed by atoms with van der Waals surface area (Å²) in [6, 6.07) is 7.91. The second-order valence-corrected chi connectivity index (χ2v) is 5.48. The van der Waals surface area contributed by atoms with Crippen LogP contribution in [0, 0.1) is 12.7 Å². The Balaban J connectivity index is 1.65. The van der Waals surface area contributed by atoms with E-state index in [4.69, 9.17) is 9.26 Å². The van der Waals surface area contributed by atoms with Crippen LogP contribution in [-0.4, -0.2) is 16.1 Å². The number of ether oxygens (including phenoxy) is 1. The maximum absolute atomic E-state index is 13.4. The first-order chi connectivity index (χ1) is 10.6. The summed E-state index contributed by atoms with van der Waals surface area (Å²) < 4.78 is 23.5. The van der Waals surface area contributed by atoms with Gasteiger partial charge in [-0.1, -0.05) is 17.3 Å². The van der Waals surface area contributed by atoms with Crippen LogP contribution in [0.3, 0.4) is 0 Å². The molecule has 2 aromatic heterocycles. The number of carbonyl (C=O) groups excluding carboxylic acids is 1. The van der Waals surface area contributed by atoms with Gasteiger partial charge >= 0.3 is 5.97 Å². The van der Waals surface area contributed by atoms with Crippen molar-refractivity contribution < 1.29 is 18.4 Å². The standard InChI is InChI=1S/C15H11FN2O3S/c1-9-4-5-10(7-11(9)16)15(19)20-8-13-17-14(18-21-13)12-3-2-6-22-12/h2-7H,8H2,1H3. The molecule has 0 spiro atoms. The van der Waals surface area contributed by atoms with E-state index >= 15 is 0 Å². The molecule has 0 aliphatic carbocycles. The highest BCUT2D eigenvalue weighted by Gasteiger charge is 2.13. The number of carbonyl (C=O) groups is 1. The van der Waals surface area contributed by atoms with E-state index in [1.54, 1.807) is 6.92 Å². The average molecular weight is 318 g/mol. The van der Waals surface area contributed by atoms with Gasteiger partial charge in [0, 0.05) is 0 Å². The smallest absolute Gasteiger partial charge is 0.338 e. The summed E-state index contributed by atoms with van der Waals surface area (Å²) in [5.41, 5.74) is 0.607. The minimum atomic E-state index is -0.644. The molecule has 0 aliphatic rings. The predicted octanol–water partition coefficient (Wildman–Crippen LogP) is 3.60. The molecule has 3 aromatic rings. The van der Waals surface area contributed by atoms with E-state index < -0.39 is 11.8 Å². The molecule has 3 rings (SSSR count). The number of aromatic nitrogens is 2. The third-order valence-electron chi connectivity index (χ3n) is 2.94. The fourth-order valence-corrected chi connectivity index (χ4v) is 2.40. The highest BCUT2D eigenvalue weighted by molar-refractivity contribution is 7.13. The van der Waals surface area contributed by atoms with E-state index in [1.165, 1.54) is 23.5 Å². The number of nitrogens with zero attached hydrogens (tertiary/aromatic N) is 2. The van der Waals surface area contributed by atoms with Gasteiger partial charge in [0.05, 0.1) is 10.4 Å². The fraction of sp³-hybridized carbons (Fsp3) is 0.133. The highest BCUT2D eigenvalue weighted by Crippen LogP contribution is 2.21. The molecule has 0 saturated carbocycles. The number of halogens is 1. The molecule has 0 fully saturated rings. The van der Waals surface area contributed by atoms with E-state index in [9.17, 15) is 9.18 Å². The molecular formula is C15H11FN2O3S. The van der Waals surface area contributed by atoms with Crippen molar-refractivity contribution in [2.45, 2.75) is 13.5 Å². The summed E-state index contributed by atoms with van der Waals surface area (Å²) in [5.74, 6) is -0.464. The van der Waals surface area contributed by atoms with Crippen molar-refractivity contribution in [2.75, 3.05) is 0 Å². The van der Waals surface area contributed by atoms with Crippen LogP contribution in [0.4, 0.5) is 4.39 Å². The molecular weight excluding hydrogens is 307 g/mol. The first-order valence-electron chi connectivity index (χ1n) is 6.43. The van der Waals surface area contributed by atoms with E-state index in [2.05, 4.69) is 10.1 Å². The minimum absolute atomic E-state index is 0.140. The van der Waals surface area contributed by atoms with Gasteiger partial charge in [-0.05, 0) is 36.1 Å². The molecule has 5 nitrogen and oxygen atoms in total. The maximum atomic E-state index is 13.4. The van der Waals surface area contributed by atoms with Crippen LogP contribution in [0.2, 0.25) is 0 Å². The zero-order valence-corrected chi connectivity index (χ0v) is 12.4. The highest BCUT2D eigenvalue weighted by atomic mass is 32.1. The van der Waals surface area contributed by atoms with Gasteiger partial charge in [-0.15, -0.1) is 11.3 Å². The monoisotopic (exact) mass is 318 g/mol. The number of rotatable bonds is 4. The van der Waals surface area contributed by atoms with Gasteiger partial charge in [-0.3, -0.25) is 0 Å². The van der Waals surface area contributed by atoms with Gasteiger partial charge in [-0.2, -0.15) is 4.98 Å². The Bertz CT molecular complexity index is 799. The summed E-state index contributed by atoms with van der Waals surface area (Å²) in [7, 11) is 0. The van der Waals surface area contributed by atoms with Crippen molar-refractivity contribution in [1.29, 1.82) is 0 Å². The number of aryl methyl sites for hydroxylation is 1. The molecule has 112 valence electrons. The van der Waals surface area contributed by atoms with Crippen LogP contribution in [0.1, 0.15) is 21.8 Å². The fourth-order valence-electron chi connectivity index (χ4n) is 1.75. The minimum Gasteiger partial charge on any atom is -0.452 e. The van der Waals surface area contributed by atoms with Crippen molar-refractivity contribution in [3.8, 4) is 10.7 Å². The van der Waals surface area contributed by atoms with E-state index in [0.717, 1.165) is 10.9 Å². The van der Waals surface area contributed by atoms with Crippen LogP contribution in [0.5, 0.6) is 0 Å². The lowest BCUT2D eigenvalue weighted by atomic mass is 10.1. The molecule has 0 radical (unpaired) electrons. The van der Waals surface area contributed by atoms with E-state index in [-0.39, 0.29) is 18.1 Å². The summed E-state index contributed by atoms with van der Waals surface area (Å²) >= 11 is 1.48. The second-order valence-electron chi connectivity index (χ2n) is 4.53. The molecule has 0 atom stereocenters. The quantitative estimate of drug-likeness (QED) is 0.688. The van der Waals surface area contributed by atoms with Crippen LogP contribution < -0.4 is 0 Å². The Kier molecular flexibility index (Phi) is 3.97. The number of thiophene rings is 1. The number of benzene rings is 1. The van der Waals surface area contributed by atoms with E-state index in [0.29, 0.717) is 11.4 Å². The lowest BCUT2D eigenvalue weighted by molar-refractivity contribution is 0.0429. The van der Waals surface area contributed by atoms with Crippen molar-refractivity contribution >= 4 is 17.3 Å². The third kappa shape index (κ3) is 3.04. The topological polar surface area (TPSA) is 65.2 Å². The maximum Gasteiger partial charge on any atom is 0.338 e. The Hall–Kier alpha value is -2.54. The van der Waals surface area contributed by atoms with Crippen LogP contribution >= 0.6 is 11.3 Å². The van der Waals surface area contributed by atoms with Gasteiger partial charge in [0.25, 0.3) is 5.89 Å². The molecule has 0 amide bonds. The molecule has 7 heteroatoms. The summed E-state index contributed by atoms with van der Waals surface area (Å²) in [6.45, 7) is 1.46. The lowest BCUT2D eigenvalue weighted by Gasteiger charge is -2.03. The van der Waals surface area contributed by atoms with Crippen molar-refractivity contribution in [2.24, 2.45) is 0 Å². The van der Waals surface area contributed by atoms with Gasteiger partial charge in [0.15, 0.2) is 6.61 Å². The van der Waals surface area contributed by atoms with E-state index in [1.807, 2.05) is 17.5 Å². The van der Waals surface area contributed by atoms with Gasteiger partial charge in [-0.25, -0.2) is 9.18 Å². The zero-order valence-electron chi connectivity index (χ0n) is 11.6. The Morgan fingerprint density at radius 1 is 1.41 bits per heavy atom. The van der Waals surface area contributed by atoms with Gasteiger partial charge < -0.3 is 9.26 Å². The molecule has 0 unspecified atom stereocenters. The summed E-state index contributed by atoms with van der Waals surface area (Å²) in [5, 5.41) is 5.71. The summed E-state index contributed by atoms with van der Waals surface area (Å²) in [6.07, 6.45) is 0. The molecule has 0 saturated heterocycles. The van der Waals surface area contributed by atoms with Crippen molar-refractivity contribution in [3.05, 3.63) is 58.5 Å². The zero-order chi connectivity index (χ0) is 15.5. The molecule has 2 heterocycles. The van der Waals surface area contributed by atoms with Crippen molar-refractivity contribution in [1.82, 2.24) is 10.1 Å². The lowest BCUT2D eigenvalue weighted by Crippen LogP contribution is -2.06. The number of hydrogen-bond donors (Lipinski definition) is 0. The average Bonchev–Trinajstić information content (AvgIpc) is 3.18. The Morgan fingerprint density at radius 2 is 2.27 bits per heavy atom. The van der Waals surface area contributed by atoms with Crippen LogP contribution in [0.15, 0.2) is 40.2 Å². The van der Waals surface area contributed by atoms with Crippen LogP contribution in [0.25, 0.3) is 10.7 Å². The molecule has 0 bridgehead atoms. The van der Waals surface area contributed by atoms with Gasteiger partial charge in [0.2, 0.25) is 5.82 Å². The predicted molar refractivity (Wildman–Crippen MR) is 77.9 cm³/mol. The molecule has 22 heavy (non-hydrogen) atoms. The Morgan fingerprint density at radius 3 is 3.00 bits per heavy atom. The Labute approximate surface area is 129 Å². The van der Waals surface area contributed by atoms with Crippen LogP contribution in [-0.2, 0) is 11.3 Å². The number of esters is 1. The molecule has 0 aliphatic heterocycles. The normalized spacial score (nSPS) is 10.6. The largest absolute Gasteiger partial charge is 0.452 e. The molecule has 0 N–H and O–H groups in total. The first kappa shape index (κ1) is 14.4. The number of hydrogen-bond acceptors (Lipinski definition) is 6.